The first-order valence-corrected chi connectivity index (χ1v) is 9.28. The van der Waals surface area contributed by atoms with E-state index in [4.69, 9.17) is 4.74 Å². The predicted molar refractivity (Wildman–Crippen MR) is 106 cm³/mol. The Morgan fingerprint density at radius 3 is 2.63 bits per heavy atom. The molecule has 9 heteroatoms. The fourth-order valence-electron chi connectivity index (χ4n) is 3.36. The van der Waals surface area contributed by atoms with E-state index >= 15 is 0 Å². The average Bonchev–Trinajstić information content (AvgIpc) is 2.73. The van der Waals surface area contributed by atoms with Crippen LogP contribution in [0.4, 0.5) is 24.5 Å². The van der Waals surface area contributed by atoms with Crippen molar-refractivity contribution in [1.82, 2.24) is 4.98 Å². The summed E-state index contributed by atoms with van der Waals surface area (Å²) in [4.78, 5) is 19.2. The van der Waals surface area contributed by atoms with Crippen LogP contribution in [0.5, 0.6) is 5.75 Å². The highest BCUT2D eigenvalue weighted by Gasteiger charge is 2.32. The molecule has 0 bridgehead atoms. The van der Waals surface area contributed by atoms with Gasteiger partial charge in [-0.15, -0.1) is 13.2 Å². The molecule has 0 aliphatic carbocycles. The van der Waals surface area contributed by atoms with E-state index in [1.165, 1.54) is 12.1 Å². The number of nitrogens with zero attached hydrogens (tertiary/aromatic N) is 2. The Kier molecular flexibility index (Phi) is 5.45. The molecule has 2 aromatic carbocycles. The lowest BCUT2D eigenvalue weighted by molar-refractivity contribution is -0.274. The molecule has 0 radical (unpaired) electrons. The number of morpholine rings is 1. The smallest absolute Gasteiger partial charge is 0.406 e. The number of carbonyl (C=O) groups excluding carboxylic acids is 1. The molecule has 1 aliphatic heterocycles. The Bertz CT molecular complexity index is 1060. The van der Waals surface area contributed by atoms with Gasteiger partial charge in [-0.05, 0) is 24.3 Å². The molecule has 1 saturated heterocycles. The molecule has 0 unspecified atom stereocenters. The minimum absolute atomic E-state index is 0.236. The van der Waals surface area contributed by atoms with Gasteiger partial charge < -0.3 is 19.7 Å². The molecule has 30 heavy (non-hydrogen) atoms. The van der Waals surface area contributed by atoms with Crippen LogP contribution in [0.1, 0.15) is 10.4 Å². The van der Waals surface area contributed by atoms with Gasteiger partial charge in [-0.1, -0.05) is 18.2 Å². The van der Waals surface area contributed by atoms with Gasteiger partial charge in [0.1, 0.15) is 5.75 Å². The van der Waals surface area contributed by atoms with Crippen molar-refractivity contribution in [1.29, 1.82) is 0 Å². The molecular formula is C21H18F3N3O3. The minimum atomic E-state index is -4.82. The van der Waals surface area contributed by atoms with E-state index in [0.717, 1.165) is 11.5 Å². The maximum atomic E-state index is 13.1. The van der Waals surface area contributed by atoms with Gasteiger partial charge >= 0.3 is 6.36 Å². The van der Waals surface area contributed by atoms with Crippen LogP contribution in [0.2, 0.25) is 0 Å². The molecule has 1 amide bonds. The van der Waals surface area contributed by atoms with E-state index < -0.39 is 12.3 Å². The normalized spacial score (nSPS) is 14.6. The number of amides is 1. The number of aromatic nitrogens is 1. The highest BCUT2D eigenvalue weighted by molar-refractivity contribution is 6.11. The van der Waals surface area contributed by atoms with E-state index in [-0.39, 0.29) is 11.3 Å². The number of anilines is 2. The van der Waals surface area contributed by atoms with Crippen LogP contribution in [0.25, 0.3) is 10.9 Å². The predicted octanol–water partition coefficient (Wildman–Crippen LogP) is 4.22. The molecule has 1 N–H and O–H groups in total. The second kappa shape index (κ2) is 8.19. The Balaban J connectivity index is 1.68. The summed E-state index contributed by atoms with van der Waals surface area (Å²) in [5.74, 6) is -0.833. The minimum Gasteiger partial charge on any atom is -0.406 e. The number of para-hydroxylation sites is 1. The summed E-state index contributed by atoms with van der Waals surface area (Å²) in [6.45, 7) is 1.73. The quantitative estimate of drug-likeness (QED) is 0.689. The number of hydrogen-bond donors (Lipinski definition) is 1. The average molecular weight is 417 g/mol. The first-order valence-electron chi connectivity index (χ1n) is 9.28. The van der Waals surface area contributed by atoms with Gasteiger partial charge in [-0.2, -0.15) is 0 Å². The van der Waals surface area contributed by atoms with Crippen molar-refractivity contribution in [2.24, 2.45) is 0 Å². The van der Waals surface area contributed by atoms with Crippen molar-refractivity contribution < 1.29 is 27.4 Å². The number of fused-ring (bicyclic) bond motifs is 1. The number of nitrogens with one attached hydrogen (secondary N) is 1. The molecule has 4 rings (SSSR count). The largest absolute Gasteiger partial charge is 0.573 e. The first kappa shape index (κ1) is 20.0. The van der Waals surface area contributed by atoms with E-state index in [1.54, 1.807) is 24.4 Å². The number of rotatable bonds is 4. The van der Waals surface area contributed by atoms with Crippen LogP contribution in [-0.2, 0) is 4.74 Å². The van der Waals surface area contributed by atoms with E-state index in [1.807, 2.05) is 17.0 Å². The Morgan fingerprint density at radius 2 is 1.87 bits per heavy atom. The van der Waals surface area contributed by atoms with Crippen LogP contribution < -0.4 is 15.0 Å². The van der Waals surface area contributed by atoms with E-state index in [9.17, 15) is 18.0 Å². The summed E-state index contributed by atoms with van der Waals surface area (Å²) in [6.07, 6.45) is -3.19. The van der Waals surface area contributed by atoms with Gasteiger partial charge in [0.25, 0.3) is 5.91 Å². The van der Waals surface area contributed by atoms with Crippen molar-refractivity contribution in [2.45, 2.75) is 6.36 Å². The van der Waals surface area contributed by atoms with Crippen molar-refractivity contribution in [3.05, 3.63) is 60.3 Å². The number of carbonyl (C=O) groups is 1. The number of ether oxygens (including phenoxy) is 2. The van der Waals surface area contributed by atoms with Crippen LogP contribution in [0.3, 0.4) is 0 Å². The Hall–Kier alpha value is -3.33. The van der Waals surface area contributed by atoms with Gasteiger partial charge in [-0.25, -0.2) is 0 Å². The zero-order chi connectivity index (χ0) is 21.1. The third kappa shape index (κ3) is 4.46. The van der Waals surface area contributed by atoms with Gasteiger partial charge in [-0.3, -0.25) is 9.78 Å². The fourth-order valence-corrected chi connectivity index (χ4v) is 3.36. The zero-order valence-corrected chi connectivity index (χ0v) is 15.8. The molecule has 1 aromatic heterocycles. The Labute approximate surface area is 170 Å². The SMILES string of the molecule is O=C(Nc1cccc2cccnc12)c1ccc(OC(F)(F)F)cc1N1CCOCC1. The van der Waals surface area contributed by atoms with Gasteiger partial charge in [0.05, 0.1) is 35.7 Å². The lowest BCUT2D eigenvalue weighted by atomic mass is 10.1. The number of benzene rings is 2. The highest BCUT2D eigenvalue weighted by atomic mass is 19.4. The van der Waals surface area contributed by atoms with Gasteiger partial charge in [0, 0.05) is 30.7 Å². The number of hydrogen-bond acceptors (Lipinski definition) is 5. The molecule has 0 atom stereocenters. The molecule has 6 nitrogen and oxygen atoms in total. The molecule has 0 spiro atoms. The summed E-state index contributed by atoms with van der Waals surface area (Å²) in [5.41, 5.74) is 1.73. The number of pyridine rings is 1. The van der Waals surface area contributed by atoms with Crippen molar-refractivity contribution in [3.63, 3.8) is 0 Å². The molecule has 3 aromatic rings. The first-order chi connectivity index (χ1) is 14.4. The fraction of sp³-hybridized carbons (Fsp3) is 0.238. The van der Waals surface area contributed by atoms with E-state index in [2.05, 4.69) is 15.0 Å². The van der Waals surface area contributed by atoms with Gasteiger partial charge in [0.15, 0.2) is 0 Å². The maximum Gasteiger partial charge on any atom is 0.573 e. The second-order valence-corrected chi connectivity index (χ2v) is 6.66. The maximum absolute atomic E-state index is 13.1. The third-order valence-corrected chi connectivity index (χ3v) is 4.68. The second-order valence-electron chi connectivity index (χ2n) is 6.66. The summed E-state index contributed by atoms with van der Waals surface area (Å²) in [7, 11) is 0. The van der Waals surface area contributed by atoms with Crippen LogP contribution in [0.15, 0.2) is 54.7 Å². The molecular weight excluding hydrogens is 399 g/mol. The highest BCUT2D eigenvalue weighted by Crippen LogP contribution is 2.31. The van der Waals surface area contributed by atoms with Crippen molar-refractivity contribution in [2.75, 3.05) is 36.5 Å². The molecule has 0 saturated carbocycles. The molecule has 2 heterocycles. The summed E-state index contributed by atoms with van der Waals surface area (Å²) in [5, 5.41) is 3.68. The third-order valence-electron chi connectivity index (χ3n) is 4.68. The summed E-state index contributed by atoms with van der Waals surface area (Å²) in [6, 6.07) is 12.8. The van der Waals surface area contributed by atoms with E-state index in [0.29, 0.717) is 43.2 Å². The summed E-state index contributed by atoms with van der Waals surface area (Å²) >= 11 is 0. The van der Waals surface area contributed by atoms with Crippen LogP contribution in [0, 0.1) is 0 Å². The molecule has 156 valence electrons. The topological polar surface area (TPSA) is 63.7 Å². The lowest BCUT2D eigenvalue weighted by Crippen LogP contribution is -2.37. The standard InChI is InChI=1S/C21H18F3N3O3/c22-21(23,24)30-15-6-7-16(18(13-15)27-9-11-29-12-10-27)20(28)26-17-5-1-3-14-4-2-8-25-19(14)17/h1-8,13H,9-12H2,(H,26,28). The monoisotopic (exact) mass is 417 g/mol. The van der Waals surface area contributed by atoms with Crippen molar-refractivity contribution in [3.8, 4) is 5.75 Å². The summed E-state index contributed by atoms with van der Waals surface area (Å²) < 4.78 is 47.4. The van der Waals surface area contributed by atoms with Gasteiger partial charge in [0.2, 0.25) is 0 Å². The van der Waals surface area contributed by atoms with Crippen LogP contribution in [-0.4, -0.2) is 43.6 Å². The number of alkyl halides is 3. The lowest BCUT2D eigenvalue weighted by Gasteiger charge is -2.30. The zero-order valence-electron chi connectivity index (χ0n) is 15.8. The number of halogens is 3. The molecule has 1 fully saturated rings. The Morgan fingerprint density at radius 1 is 1.10 bits per heavy atom. The van der Waals surface area contributed by atoms with Crippen molar-refractivity contribution >= 4 is 28.2 Å². The van der Waals surface area contributed by atoms with Crippen LogP contribution >= 0.6 is 0 Å². The molecule has 1 aliphatic rings.